The van der Waals surface area contributed by atoms with E-state index in [1.54, 1.807) is 36.3 Å². The number of nitrogens with zero attached hydrogens (tertiary/aromatic N) is 1. The van der Waals surface area contributed by atoms with E-state index in [9.17, 15) is 13.2 Å². The van der Waals surface area contributed by atoms with Gasteiger partial charge in [0.25, 0.3) is 5.91 Å². The molecule has 2 rings (SSSR count). The summed E-state index contributed by atoms with van der Waals surface area (Å²) in [6.07, 6.45) is 0. The number of sulfone groups is 1. The average Bonchev–Trinajstić information content (AvgIpc) is 2.38. The van der Waals surface area contributed by atoms with E-state index in [1.807, 2.05) is 0 Å². The highest BCUT2D eigenvalue weighted by Gasteiger charge is 2.25. The van der Waals surface area contributed by atoms with Gasteiger partial charge >= 0.3 is 0 Å². The van der Waals surface area contributed by atoms with E-state index in [1.165, 1.54) is 0 Å². The summed E-state index contributed by atoms with van der Waals surface area (Å²) in [7, 11) is -1.39. The molecule has 1 aromatic rings. The number of hydrogen-bond acceptors (Lipinski definition) is 4. The number of ether oxygens (including phenoxy) is 1. The van der Waals surface area contributed by atoms with Crippen molar-refractivity contribution in [3.8, 4) is 5.75 Å². The van der Waals surface area contributed by atoms with Gasteiger partial charge in [0.05, 0.1) is 18.6 Å². The number of hydrogen-bond donors (Lipinski definition) is 0. The lowest BCUT2D eigenvalue weighted by molar-refractivity contribution is 0.0770. The number of carbonyl (C=O) groups excluding carboxylic acids is 1. The van der Waals surface area contributed by atoms with E-state index in [2.05, 4.69) is 0 Å². The molecule has 0 bridgehead atoms. The maximum Gasteiger partial charge on any atom is 0.253 e. The second-order valence-electron chi connectivity index (χ2n) is 4.17. The number of carbonyl (C=O) groups is 1. The first-order valence-electron chi connectivity index (χ1n) is 5.65. The fourth-order valence-corrected chi connectivity index (χ4v) is 3.03. The van der Waals surface area contributed by atoms with Gasteiger partial charge in [0.1, 0.15) is 5.75 Å². The second kappa shape index (κ2) is 4.97. The van der Waals surface area contributed by atoms with Crippen LogP contribution >= 0.6 is 0 Å². The fourth-order valence-electron chi connectivity index (χ4n) is 1.83. The third kappa shape index (κ3) is 2.81. The molecule has 0 aromatic heterocycles. The second-order valence-corrected chi connectivity index (χ2v) is 6.48. The average molecular weight is 269 g/mol. The Hall–Kier alpha value is -1.56. The Bertz CT molecular complexity index is 522. The Labute approximate surface area is 106 Å². The van der Waals surface area contributed by atoms with E-state index >= 15 is 0 Å². The van der Waals surface area contributed by atoms with E-state index in [0.717, 1.165) is 0 Å². The first-order chi connectivity index (χ1) is 8.52. The predicted molar refractivity (Wildman–Crippen MR) is 67.6 cm³/mol. The smallest absolute Gasteiger partial charge is 0.253 e. The molecule has 6 heteroatoms. The van der Waals surface area contributed by atoms with E-state index < -0.39 is 9.84 Å². The van der Waals surface area contributed by atoms with Crippen LogP contribution in [0.4, 0.5) is 0 Å². The standard InChI is InChI=1S/C12H15NO4S/c1-17-11-4-2-10(3-5-11)12(14)13-6-8-18(15,16)9-7-13/h2-5H,6-9H2,1H3. The zero-order chi connectivity index (χ0) is 13.2. The molecule has 1 fully saturated rings. The lowest BCUT2D eigenvalue weighted by atomic mass is 10.2. The Morgan fingerprint density at radius 2 is 1.72 bits per heavy atom. The highest BCUT2D eigenvalue weighted by molar-refractivity contribution is 7.91. The third-order valence-electron chi connectivity index (χ3n) is 2.97. The Morgan fingerprint density at radius 3 is 2.22 bits per heavy atom. The van der Waals surface area contributed by atoms with Crippen molar-refractivity contribution in [1.29, 1.82) is 0 Å². The molecule has 1 aliphatic rings. The quantitative estimate of drug-likeness (QED) is 0.787. The molecule has 0 N–H and O–H groups in total. The number of rotatable bonds is 2. The summed E-state index contributed by atoms with van der Waals surface area (Å²) >= 11 is 0. The molecular weight excluding hydrogens is 254 g/mol. The zero-order valence-electron chi connectivity index (χ0n) is 10.1. The largest absolute Gasteiger partial charge is 0.497 e. The number of benzene rings is 1. The molecule has 1 aliphatic heterocycles. The molecule has 1 saturated heterocycles. The predicted octanol–water partition coefficient (Wildman–Crippen LogP) is 0.566. The van der Waals surface area contributed by atoms with Crippen LogP contribution in [0, 0.1) is 0 Å². The number of amides is 1. The van der Waals surface area contributed by atoms with Crippen LogP contribution in [0.2, 0.25) is 0 Å². The van der Waals surface area contributed by atoms with Crippen molar-refractivity contribution in [3.05, 3.63) is 29.8 Å². The maximum absolute atomic E-state index is 12.1. The summed E-state index contributed by atoms with van der Waals surface area (Å²) in [5.74, 6) is 0.657. The highest BCUT2D eigenvalue weighted by Crippen LogP contribution is 2.14. The molecule has 5 nitrogen and oxygen atoms in total. The summed E-state index contributed by atoms with van der Waals surface area (Å²) in [5, 5.41) is 0. The fraction of sp³-hybridized carbons (Fsp3) is 0.417. The zero-order valence-corrected chi connectivity index (χ0v) is 10.9. The van der Waals surface area contributed by atoms with Crippen LogP contribution in [0.1, 0.15) is 10.4 Å². The van der Waals surface area contributed by atoms with Gasteiger partial charge < -0.3 is 9.64 Å². The Morgan fingerprint density at radius 1 is 1.17 bits per heavy atom. The van der Waals surface area contributed by atoms with Crippen molar-refractivity contribution >= 4 is 15.7 Å². The van der Waals surface area contributed by atoms with Gasteiger partial charge in [-0.2, -0.15) is 0 Å². The first kappa shape index (κ1) is 12.9. The van der Waals surface area contributed by atoms with Crippen molar-refractivity contribution < 1.29 is 17.9 Å². The molecule has 1 heterocycles. The molecule has 18 heavy (non-hydrogen) atoms. The summed E-state index contributed by atoms with van der Waals surface area (Å²) < 4.78 is 27.6. The van der Waals surface area contributed by atoms with Gasteiger partial charge in [0, 0.05) is 18.7 Å². The summed E-state index contributed by atoms with van der Waals surface area (Å²) in [6.45, 7) is 0.542. The van der Waals surface area contributed by atoms with Crippen LogP contribution in [0.5, 0.6) is 5.75 Å². The maximum atomic E-state index is 12.1. The molecule has 0 saturated carbocycles. The monoisotopic (exact) mass is 269 g/mol. The molecule has 0 atom stereocenters. The molecule has 0 unspecified atom stereocenters. The Balaban J connectivity index is 2.07. The normalized spacial score (nSPS) is 18.4. The van der Waals surface area contributed by atoms with Gasteiger partial charge in [-0.1, -0.05) is 0 Å². The van der Waals surface area contributed by atoms with Crippen molar-refractivity contribution in [1.82, 2.24) is 4.90 Å². The minimum absolute atomic E-state index is 0.0505. The molecule has 0 spiro atoms. The van der Waals surface area contributed by atoms with Gasteiger partial charge in [0.15, 0.2) is 9.84 Å². The topological polar surface area (TPSA) is 63.7 Å². The van der Waals surface area contributed by atoms with Crippen LogP contribution in [-0.4, -0.2) is 50.9 Å². The van der Waals surface area contributed by atoms with Gasteiger partial charge in [-0.3, -0.25) is 4.79 Å². The van der Waals surface area contributed by atoms with Crippen molar-refractivity contribution in [2.45, 2.75) is 0 Å². The lowest BCUT2D eigenvalue weighted by Gasteiger charge is -2.26. The SMILES string of the molecule is COc1ccc(C(=O)N2CCS(=O)(=O)CC2)cc1. The van der Waals surface area contributed by atoms with Crippen molar-refractivity contribution in [2.75, 3.05) is 31.7 Å². The molecule has 98 valence electrons. The van der Waals surface area contributed by atoms with Gasteiger partial charge in [-0.15, -0.1) is 0 Å². The van der Waals surface area contributed by atoms with Crippen LogP contribution in [0.15, 0.2) is 24.3 Å². The molecular formula is C12H15NO4S. The highest BCUT2D eigenvalue weighted by atomic mass is 32.2. The number of methoxy groups -OCH3 is 1. The van der Waals surface area contributed by atoms with E-state index in [-0.39, 0.29) is 30.5 Å². The van der Waals surface area contributed by atoms with E-state index in [4.69, 9.17) is 4.74 Å². The summed E-state index contributed by atoms with van der Waals surface area (Å²) in [4.78, 5) is 13.7. The molecule has 1 amide bonds. The van der Waals surface area contributed by atoms with Gasteiger partial charge in [-0.05, 0) is 24.3 Å². The summed E-state index contributed by atoms with van der Waals surface area (Å²) in [6, 6.07) is 6.80. The van der Waals surface area contributed by atoms with Crippen LogP contribution < -0.4 is 4.74 Å². The Kier molecular flexibility index (Phi) is 3.56. The first-order valence-corrected chi connectivity index (χ1v) is 7.48. The molecule has 1 aromatic carbocycles. The van der Waals surface area contributed by atoms with Gasteiger partial charge in [0.2, 0.25) is 0 Å². The van der Waals surface area contributed by atoms with Crippen molar-refractivity contribution in [2.24, 2.45) is 0 Å². The minimum Gasteiger partial charge on any atom is -0.497 e. The van der Waals surface area contributed by atoms with Gasteiger partial charge in [-0.25, -0.2) is 8.42 Å². The molecule has 0 aliphatic carbocycles. The van der Waals surface area contributed by atoms with Crippen LogP contribution in [0.3, 0.4) is 0 Å². The van der Waals surface area contributed by atoms with Crippen molar-refractivity contribution in [3.63, 3.8) is 0 Å². The van der Waals surface area contributed by atoms with Crippen LogP contribution in [0.25, 0.3) is 0 Å². The summed E-state index contributed by atoms with van der Waals surface area (Å²) in [5.41, 5.74) is 0.551. The third-order valence-corrected chi connectivity index (χ3v) is 4.58. The van der Waals surface area contributed by atoms with Crippen LogP contribution in [-0.2, 0) is 9.84 Å². The minimum atomic E-state index is -2.96. The molecule has 0 radical (unpaired) electrons. The van der Waals surface area contributed by atoms with E-state index in [0.29, 0.717) is 11.3 Å². The lowest BCUT2D eigenvalue weighted by Crippen LogP contribution is -2.43.